The Balaban J connectivity index is 3.21. The third-order valence-corrected chi connectivity index (χ3v) is 6.55. The highest BCUT2D eigenvalue weighted by Gasteiger charge is 2.09. The predicted octanol–water partition coefficient (Wildman–Crippen LogP) is 7.53. The van der Waals surface area contributed by atoms with Crippen molar-refractivity contribution in [3.63, 3.8) is 0 Å². The van der Waals surface area contributed by atoms with E-state index >= 15 is 0 Å². The van der Waals surface area contributed by atoms with Crippen LogP contribution in [0.1, 0.15) is 118 Å². The normalized spacial score (nSPS) is 13.4. The van der Waals surface area contributed by atoms with E-state index in [1.54, 1.807) is 0 Å². The van der Waals surface area contributed by atoms with Gasteiger partial charge in [-0.05, 0) is 30.6 Å². The maximum absolute atomic E-state index is 12.0. The number of rotatable bonds is 19. The van der Waals surface area contributed by atoms with E-state index in [0.29, 0.717) is 5.41 Å². The summed E-state index contributed by atoms with van der Waals surface area (Å²) in [7, 11) is -0.640. The molecule has 1 atom stereocenters. The van der Waals surface area contributed by atoms with Crippen LogP contribution < -0.4 is 0 Å². The number of hydrogen-bond acceptors (Lipinski definition) is 2. The number of hydrogen-bond donors (Lipinski definition) is 0. The molecular weight excluding hydrogens is 352 g/mol. The molecule has 164 valence electrons. The molecule has 3 heteroatoms. The van der Waals surface area contributed by atoms with Gasteiger partial charge in [-0.2, -0.15) is 0 Å². The molecule has 0 aliphatic carbocycles. The van der Waals surface area contributed by atoms with Gasteiger partial charge in [0.05, 0.1) is 0 Å². The first kappa shape index (κ1) is 27.1. The molecule has 0 bridgehead atoms. The van der Waals surface area contributed by atoms with Crippen molar-refractivity contribution in [1.29, 1.82) is 0 Å². The maximum Gasteiger partial charge on any atom is 0.0474 e. The Kier molecular flexibility index (Phi) is 18.2. The van der Waals surface area contributed by atoms with Crippen molar-refractivity contribution in [2.75, 3.05) is 24.7 Å². The molecule has 0 N–H and O–H groups in total. The summed E-state index contributed by atoms with van der Waals surface area (Å²) in [5, 5.41) is 0. The van der Waals surface area contributed by atoms with Gasteiger partial charge in [-0.25, -0.2) is 0 Å². The van der Waals surface area contributed by atoms with Crippen LogP contribution in [0.4, 0.5) is 0 Å². The van der Waals surface area contributed by atoms with Gasteiger partial charge in [-0.15, -0.1) is 0 Å². The minimum absolute atomic E-state index is 0.344. The average molecular weight is 403 g/mol. The third kappa shape index (κ3) is 24.1. The van der Waals surface area contributed by atoms with Crippen molar-refractivity contribution >= 4 is 10.8 Å². The van der Waals surface area contributed by atoms with Crippen molar-refractivity contribution in [2.24, 2.45) is 11.3 Å². The highest BCUT2D eigenvalue weighted by Crippen LogP contribution is 2.18. The molecule has 0 spiro atoms. The van der Waals surface area contributed by atoms with Crippen molar-refractivity contribution in [3.05, 3.63) is 0 Å². The lowest BCUT2D eigenvalue weighted by Crippen LogP contribution is -2.11. The van der Waals surface area contributed by atoms with Gasteiger partial charge in [0, 0.05) is 35.5 Å². The minimum atomic E-state index is -0.640. The summed E-state index contributed by atoms with van der Waals surface area (Å²) in [4.78, 5) is 0. The van der Waals surface area contributed by atoms with E-state index in [9.17, 15) is 4.21 Å². The summed E-state index contributed by atoms with van der Waals surface area (Å²) >= 11 is 0. The zero-order valence-corrected chi connectivity index (χ0v) is 20.1. The van der Waals surface area contributed by atoms with Crippen LogP contribution in [0.3, 0.4) is 0 Å². The highest BCUT2D eigenvalue weighted by molar-refractivity contribution is 7.84. The summed E-state index contributed by atoms with van der Waals surface area (Å²) in [6.45, 7) is 12.9. The summed E-state index contributed by atoms with van der Waals surface area (Å²) in [5.41, 5.74) is 0.344. The van der Waals surface area contributed by atoms with Crippen molar-refractivity contribution in [2.45, 2.75) is 118 Å². The fraction of sp³-hybridized carbons (Fsp3) is 1.00. The Bertz CT molecular complexity index is 334. The molecule has 27 heavy (non-hydrogen) atoms. The van der Waals surface area contributed by atoms with Gasteiger partial charge in [0.2, 0.25) is 0 Å². The zero-order valence-electron chi connectivity index (χ0n) is 19.3. The molecule has 0 heterocycles. The van der Waals surface area contributed by atoms with E-state index in [2.05, 4.69) is 34.6 Å². The molecule has 0 amide bonds. The quantitative estimate of drug-likeness (QED) is 0.209. The van der Waals surface area contributed by atoms with Crippen molar-refractivity contribution < 1.29 is 8.95 Å². The Morgan fingerprint density at radius 2 is 1.19 bits per heavy atom. The van der Waals surface area contributed by atoms with Gasteiger partial charge < -0.3 is 4.74 Å². The first-order valence-electron chi connectivity index (χ1n) is 11.7. The van der Waals surface area contributed by atoms with Crippen LogP contribution in [-0.4, -0.2) is 28.9 Å². The Hall–Kier alpha value is 0.110. The monoisotopic (exact) mass is 402 g/mol. The molecule has 0 aliphatic rings. The molecule has 2 nitrogen and oxygen atoms in total. The van der Waals surface area contributed by atoms with Crippen LogP contribution in [0.15, 0.2) is 0 Å². The first-order valence-corrected chi connectivity index (χ1v) is 13.2. The van der Waals surface area contributed by atoms with Gasteiger partial charge in [0.1, 0.15) is 0 Å². The van der Waals surface area contributed by atoms with E-state index in [1.807, 2.05) is 0 Å². The number of ether oxygens (including phenoxy) is 1. The third-order valence-electron chi connectivity index (χ3n) is 5.06. The maximum atomic E-state index is 12.0. The van der Waals surface area contributed by atoms with Crippen molar-refractivity contribution in [1.82, 2.24) is 0 Å². The minimum Gasteiger partial charge on any atom is -0.381 e. The fourth-order valence-electron chi connectivity index (χ4n) is 3.13. The highest BCUT2D eigenvalue weighted by atomic mass is 32.2. The lowest BCUT2D eigenvalue weighted by atomic mass is 9.93. The van der Waals surface area contributed by atoms with E-state index in [4.69, 9.17) is 4.74 Å². The van der Waals surface area contributed by atoms with Gasteiger partial charge in [-0.3, -0.25) is 4.21 Å². The van der Waals surface area contributed by atoms with Gasteiger partial charge in [0.25, 0.3) is 0 Å². The lowest BCUT2D eigenvalue weighted by molar-refractivity contribution is 0.109. The van der Waals surface area contributed by atoms with Gasteiger partial charge >= 0.3 is 0 Å². The second-order valence-electron chi connectivity index (χ2n) is 9.84. The smallest absolute Gasteiger partial charge is 0.0474 e. The SMILES string of the molecule is CC(C)CCCCCCCCCCCCS(=O)CCCOCCC(C)(C)C. The fourth-order valence-corrected chi connectivity index (χ4v) is 4.30. The molecule has 0 saturated heterocycles. The van der Waals surface area contributed by atoms with Gasteiger partial charge in [0.15, 0.2) is 0 Å². The number of unbranched alkanes of at least 4 members (excludes halogenated alkanes) is 9. The molecule has 1 unspecified atom stereocenters. The summed E-state index contributed by atoms with van der Waals surface area (Å²) < 4.78 is 17.6. The molecule has 0 aliphatic heterocycles. The van der Waals surface area contributed by atoms with E-state index < -0.39 is 10.8 Å². The second kappa shape index (κ2) is 18.2. The molecule has 0 aromatic heterocycles. The lowest BCUT2D eigenvalue weighted by Gasteiger charge is -2.17. The Morgan fingerprint density at radius 3 is 1.70 bits per heavy atom. The molecule has 0 saturated carbocycles. The largest absolute Gasteiger partial charge is 0.381 e. The van der Waals surface area contributed by atoms with Gasteiger partial charge in [-0.1, -0.05) is 98.8 Å². The van der Waals surface area contributed by atoms with Crippen LogP contribution >= 0.6 is 0 Å². The zero-order chi connectivity index (χ0) is 20.4. The first-order chi connectivity index (χ1) is 12.8. The topological polar surface area (TPSA) is 26.3 Å². The average Bonchev–Trinajstić information content (AvgIpc) is 2.57. The standard InChI is InChI=1S/C24H50O2S/c1-23(2)17-14-12-10-8-6-7-9-11-13-15-21-27(25)22-16-19-26-20-18-24(3,4)5/h23H,6-22H2,1-5H3. The molecule has 0 rings (SSSR count). The summed E-state index contributed by atoms with van der Waals surface area (Å²) in [5.74, 6) is 2.57. The summed E-state index contributed by atoms with van der Waals surface area (Å²) in [6.07, 6.45) is 17.0. The van der Waals surface area contributed by atoms with E-state index in [-0.39, 0.29) is 0 Å². The Labute approximate surface area is 174 Å². The second-order valence-corrected chi connectivity index (χ2v) is 11.5. The molecule has 0 aromatic carbocycles. The van der Waals surface area contributed by atoms with Crippen LogP contribution in [0.25, 0.3) is 0 Å². The van der Waals surface area contributed by atoms with E-state index in [0.717, 1.165) is 49.9 Å². The van der Waals surface area contributed by atoms with Crippen LogP contribution in [0, 0.1) is 11.3 Å². The molecule has 0 radical (unpaired) electrons. The molecular formula is C24H50O2S. The van der Waals surface area contributed by atoms with E-state index in [1.165, 1.54) is 64.2 Å². The van der Waals surface area contributed by atoms with Crippen LogP contribution in [0.2, 0.25) is 0 Å². The molecule has 0 fully saturated rings. The predicted molar refractivity (Wildman–Crippen MR) is 123 cm³/mol. The van der Waals surface area contributed by atoms with Crippen LogP contribution in [-0.2, 0) is 15.5 Å². The van der Waals surface area contributed by atoms with Crippen LogP contribution in [0.5, 0.6) is 0 Å². The Morgan fingerprint density at radius 1 is 0.704 bits per heavy atom. The van der Waals surface area contributed by atoms with Crippen molar-refractivity contribution in [3.8, 4) is 0 Å². The summed E-state index contributed by atoms with van der Waals surface area (Å²) in [6, 6.07) is 0. The molecule has 0 aromatic rings.